The molecule has 11 nitrogen and oxygen atoms in total. The molecule has 1 aromatic heterocycles. The Kier molecular flexibility index (Phi) is 13.6. The molecule has 0 bridgehead atoms. The molecule has 4 aromatic carbocycles. The molecule has 0 saturated carbocycles. The lowest BCUT2D eigenvalue weighted by Crippen LogP contribution is -2.30. The number of nitrogens with one attached hydrogen (secondary N) is 3. The molecular formula is C43H42N4O7S2. The van der Waals surface area contributed by atoms with Gasteiger partial charge in [0.25, 0.3) is 11.8 Å². The van der Waals surface area contributed by atoms with E-state index < -0.39 is 17.8 Å². The second-order valence-corrected chi connectivity index (χ2v) is 14.8. The topological polar surface area (TPSA) is 135 Å². The fraction of sp³-hybridized carbons (Fsp3) is 0.209. The predicted molar refractivity (Wildman–Crippen MR) is 220 cm³/mol. The molecule has 0 spiro atoms. The first-order valence-electron chi connectivity index (χ1n) is 18.0. The number of anilines is 2. The van der Waals surface area contributed by atoms with E-state index in [-0.39, 0.29) is 24.0 Å². The third-order valence-corrected chi connectivity index (χ3v) is 11.0. The summed E-state index contributed by atoms with van der Waals surface area (Å²) in [6.07, 6.45) is 2.21. The molecule has 0 atom stereocenters. The Morgan fingerprint density at radius 2 is 1.64 bits per heavy atom. The average molecular weight is 791 g/mol. The smallest absolute Gasteiger partial charge is 0.341 e. The number of carbonyl (C=O) groups is 4. The largest absolute Gasteiger partial charge is 0.497 e. The summed E-state index contributed by atoms with van der Waals surface area (Å²) < 4.78 is 16.2. The summed E-state index contributed by atoms with van der Waals surface area (Å²) in [6.45, 7) is 4.24. The van der Waals surface area contributed by atoms with Gasteiger partial charge in [-0.15, -0.1) is 23.1 Å². The van der Waals surface area contributed by atoms with Gasteiger partial charge in [-0.25, -0.2) is 4.79 Å². The molecule has 0 radical (unpaired) electrons. The number of hydrogen-bond donors (Lipinski definition) is 3. The van der Waals surface area contributed by atoms with Crippen LogP contribution in [0, 0.1) is 0 Å². The van der Waals surface area contributed by atoms with E-state index in [1.165, 1.54) is 41.8 Å². The first-order chi connectivity index (χ1) is 27.2. The number of carbonyl (C=O) groups excluding carboxylic acids is 4. The summed E-state index contributed by atoms with van der Waals surface area (Å²) in [5, 5.41) is 9.08. The zero-order chi connectivity index (χ0) is 39.4. The minimum atomic E-state index is -0.567. The molecule has 6 rings (SSSR count). The van der Waals surface area contributed by atoms with Crippen molar-refractivity contribution in [2.45, 2.75) is 31.3 Å². The van der Waals surface area contributed by atoms with Crippen LogP contribution in [0.5, 0.6) is 11.5 Å². The van der Waals surface area contributed by atoms with Crippen LogP contribution < -0.4 is 25.4 Å². The third kappa shape index (κ3) is 10.2. The minimum absolute atomic E-state index is 0.0148. The van der Waals surface area contributed by atoms with Gasteiger partial charge >= 0.3 is 5.97 Å². The number of fused-ring (bicyclic) bond motifs is 1. The van der Waals surface area contributed by atoms with Crippen LogP contribution in [0.4, 0.5) is 10.7 Å². The van der Waals surface area contributed by atoms with Crippen LogP contribution in [0.1, 0.15) is 49.2 Å². The number of methoxy groups -OCH3 is 2. The van der Waals surface area contributed by atoms with E-state index in [0.29, 0.717) is 51.8 Å². The van der Waals surface area contributed by atoms with E-state index in [4.69, 9.17) is 14.2 Å². The molecule has 0 fully saturated rings. The molecule has 0 unspecified atom stereocenters. The number of rotatable bonds is 15. The minimum Gasteiger partial charge on any atom is -0.497 e. The van der Waals surface area contributed by atoms with Crippen molar-refractivity contribution in [1.82, 2.24) is 10.2 Å². The van der Waals surface area contributed by atoms with E-state index in [9.17, 15) is 19.2 Å². The Morgan fingerprint density at radius 3 is 2.38 bits per heavy atom. The van der Waals surface area contributed by atoms with Crippen molar-refractivity contribution in [3.63, 3.8) is 0 Å². The number of ether oxygens (including phenoxy) is 3. The van der Waals surface area contributed by atoms with Crippen molar-refractivity contribution < 1.29 is 33.4 Å². The lowest BCUT2D eigenvalue weighted by atomic mass is 10.0. The molecule has 56 heavy (non-hydrogen) atoms. The summed E-state index contributed by atoms with van der Waals surface area (Å²) in [6, 6.07) is 31.0. The van der Waals surface area contributed by atoms with Crippen molar-refractivity contribution in [2.24, 2.45) is 0 Å². The molecule has 1 aliphatic rings. The van der Waals surface area contributed by atoms with Crippen molar-refractivity contribution in [3.05, 3.63) is 142 Å². The van der Waals surface area contributed by atoms with Crippen molar-refractivity contribution in [2.75, 3.05) is 43.8 Å². The Hall–Kier alpha value is -5.89. The van der Waals surface area contributed by atoms with E-state index in [0.717, 1.165) is 28.4 Å². The zero-order valence-corrected chi connectivity index (χ0v) is 32.9. The first-order valence-corrected chi connectivity index (χ1v) is 19.8. The van der Waals surface area contributed by atoms with Gasteiger partial charge < -0.3 is 30.2 Å². The van der Waals surface area contributed by atoms with Crippen molar-refractivity contribution >= 4 is 63.6 Å². The van der Waals surface area contributed by atoms with E-state index in [1.54, 1.807) is 80.8 Å². The van der Waals surface area contributed by atoms with Crippen LogP contribution in [0.25, 0.3) is 6.08 Å². The number of thiophene rings is 1. The van der Waals surface area contributed by atoms with Crippen LogP contribution in [-0.2, 0) is 33.8 Å². The molecular weight excluding hydrogens is 749 g/mol. The monoisotopic (exact) mass is 790 g/mol. The maximum Gasteiger partial charge on any atom is 0.341 e. The van der Waals surface area contributed by atoms with Crippen LogP contribution >= 0.6 is 23.1 Å². The average Bonchev–Trinajstić information content (AvgIpc) is 3.57. The molecule has 1 aliphatic heterocycles. The second kappa shape index (κ2) is 19.1. The third-order valence-electron chi connectivity index (χ3n) is 8.85. The number of nitrogens with zero attached hydrogens (tertiary/aromatic N) is 1. The highest BCUT2D eigenvalue weighted by Crippen LogP contribution is 2.38. The molecule has 0 saturated heterocycles. The standard InChI is InChI=1S/C43H42N4O7S2/c1-4-54-43(51)39-34-20-21-47(25-28-12-7-5-8-13-28)26-37(34)56-42(39)46-38(48)27-55-33-17-11-16-31(23-33)44-41(50)35(45-40(49)29-14-9-6-10-15-29)22-30-18-19-32(52-2)24-36(30)53-3/h5-19,22-24H,4,20-21,25-27H2,1-3H3,(H,44,50)(H,45,49)(H,46,48)/b35-22+. The normalized spacial score (nSPS) is 12.6. The van der Waals surface area contributed by atoms with Gasteiger partial charge in [0.2, 0.25) is 5.91 Å². The highest BCUT2D eigenvalue weighted by molar-refractivity contribution is 8.00. The van der Waals surface area contributed by atoms with Gasteiger partial charge in [0.15, 0.2) is 0 Å². The van der Waals surface area contributed by atoms with Crippen LogP contribution in [0.2, 0.25) is 0 Å². The highest BCUT2D eigenvalue weighted by atomic mass is 32.2. The molecule has 288 valence electrons. The van der Waals surface area contributed by atoms with E-state index >= 15 is 0 Å². The van der Waals surface area contributed by atoms with Crippen molar-refractivity contribution in [1.29, 1.82) is 0 Å². The Morgan fingerprint density at radius 1 is 0.875 bits per heavy atom. The number of benzene rings is 4. The quantitative estimate of drug-likeness (QED) is 0.0556. The predicted octanol–water partition coefficient (Wildman–Crippen LogP) is 7.64. The number of hydrogen-bond acceptors (Lipinski definition) is 10. The summed E-state index contributed by atoms with van der Waals surface area (Å²) in [5.41, 5.74) is 3.95. The zero-order valence-electron chi connectivity index (χ0n) is 31.3. The van der Waals surface area contributed by atoms with Crippen LogP contribution in [0.3, 0.4) is 0 Å². The first kappa shape index (κ1) is 39.8. The van der Waals surface area contributed by atoms with Gasteiger partial charge in [-0.3, -0.25) is 19.3 Å². The summed E-state index contributed by atoms with van der Waals surface area (Å²) >= 11 is 2.70. The fourth-order valence-corrected chi connectivity index (χ4v) is 8.20. The maximum absolute atomic E-state index is 13.7. The van der Waals surface area contributed by atoms with Gasteiger partial charge in [0, 0.05) is 52.3 Å². The lowest BCUT2D eigenvalue weighted by molar-refractivity contribution is -0.114. The van der Waals surface area contributed by atoms with Gasteiger partial charge in [-0.1, -0.05) is 54.6 Å². The van der Waals surface area contributed by atoms with Gasteiger partial charge in [0.1, 0.15) is 22.2 Å². The molecule has 3 amide bonds. The SMILES string of the molecule is CCOC(=O)c1c(NC(=O)CSc2cccc(NC(=O)/C(=C\c3ccc(OC)cc3OC)NC(=O)c3ccccc3)c2)sc2c1CCN(Cc1ccccc1)C2. The van der Waals surface area contributed by atoms with Crippen LogP contribution in [-0.4, -0.2) is 61.7 Å². The summed E-state index contributed by atoms with van der Waals surface area (Å²) in [5.74, 6) is -0.676. The molecule has 3 N–H and O–H groups in total. The molecule has 13 heteroatoms. The highest BCUT2D eigenvalue weighted by Gasteiger charge is 2.29. The van der Waals surface area contributed by atoms with Gasteiger partial charge in [-0.2, -0.15) is 0 Å². The van der Waals surface area contributed by atoms with Gasteiger partial charge in [-0.05, 0) is 73.0 Å². The number of amides is 3. The van der Waals surface area contributed by atoms with Gasteiger partial charge in [0.05, 0.1) is 32.1 Å². The lowest BCUT2D eigenvalue weighted by Gasteiger charge is -2.27. The van der Waals surface area contributed by atoms with Crippen molar-refractivity contribution in [3.8, 4) is 11.5 Å². The Balaban J connectivity index is 1.14. The summed E-state index contributed by atoms with van der Waals surface area (Å²) in [7, 11) is 3.05. The second-order valence-electron chi connectivity index (χ2n) is 12.7. The number of thioether (sulfide) groups is 1. The molecule has 2 heterocycles. The fourth-order valence-electron chi connectivity index (χ4n) is 6.15. The van der Waals surface area contributed by atoms with E-state index in [2.05, 4.69) is 33.0 Å². The maximum atomic E-state index is 13.7. The Labute approximate surface area is 334 Å². The molecule has 0 aliphatic carbocycles. The van der Waals surface area contributed by atoms with Crippen LogP contribution in [0.15, 0.2) is 114 Å². The summed E-state index contributed by atoms with van der Waals surface area (Å²) in [4.78, 5) is 57.5. The number of esters is 1. The molecule has 5 aromatic rings. The van der Waals surface area contributed by atoms with E-state index in [1.807, 2.05) is 24.3 Å². The Bertz CT molecular complexity index is 2220.